The summed E-state index contributed by atoms with van der Waals surface area (Å²) in [5.74, 6) is 1.40. The van der Waals surface area contributed by atoms with Gasteiger partial charge in [0.15, 0.2) is 0 Å². The van der Waals surface area contributed by atoms with Crippen LogP contribution in [0.25, 0.3) is 0 Å². The van der Waals surface area contributed by atoms with Gasteiger partial charge in [-0.05, 0) is 41.8 Å². The van der Waals surface area contributed by atoms with Crippen LogP contribution in [0.4, 0.5) is 0 Å². The number of nitrogens with zero attached hydrogens (tertiary/aromatic N) is 1. The van der Waals surface area contributed by atoms with Gasteiger partial charge >= 0.3 is 0 Å². The van der Waals surface area contributed by atoms with Crippen molar-refractivity contribution < 1.29 is 4.79 Å². The van der Waals surface area contributed by atoms with Gasteiger partial charge in [0.1, 0.15) is 0 Å². The highest BCUT2D eigenvalue weighted by atomic mass is 32.1. The fraction of sp³-hybridized carbons (Fsp3) is 0.562. The zero-order valence-electron chi connectivity index (χ0n) is 11.3. The minimum atomic E-state index is 0.0832. The zero-order chi connectivity index (χ0) is 13.2. The molecule has 0 spiro atoms. The van der Waals surface area contributed by atoms with E-state index < -0.39 is 0 Å². The van der Waals surface area contributed by atoms with Gasteiger partial charge in [0, 0.05) is 17.3 Å². The van der Waals surface area contributed by atoms with E-state index >= 15 is 0 Å². The van der Waals surface area contributed by atoms with Gasteiger partial charge < -0.3 is 4.90 Å². The lowest BCUT2D eigenvalue weighted by Gasteiger charge is -2.38. The first-order chi connectivity index (χ1) is 9.29. The number of rotatable bonds is 2. The Bertz CT molecular complexity index is 473. The van der Waals surface area contributed by atoms with Crippen molar-refractivity contribution in [3.8, 4) is 0 Å². The molecule has 0 N–H and O–H groups in total. The van der Waals surface area contributed by atoms with Crippen LogP contribution in [0.5, 0.6) is 0 Å². The lowest BCUT2D eigenvalue weighted by Crippen LogP contribution is -2.39. The average Bonchev–Trinajstić information content (AvgIpc) is 2.94. The van der Waals surface area contributed by atoms with Crippen molar-refractivity contribution in [3.63, 3.8) is 0 Å². The normalized spacial score (nSPS) is 24.0. The van der Waals surface area contributed by atoms with Crippen LogP contribution in [-0.4, -0.2) is 17.4 Å². The Hall–Kier alpha value is -1.09. The van der Waals surface area contributed by atoms with E-state index in [0.717, 1.165) is 19.0 Å². The summed E-state index contributed by atoms with van der Waals surface area (Å²) in [4.78, 5) is 15.3. The molecule has 3 heteroatoms. The van der Waals surface area contributed by atoms with E-state index in [-0.39, 0.29) is 5.91 Å². The Balaban J connectivity index is 1.85. The fourth-order valence-corrected chi connectivity index (χ4v) is 4.58. The predicted molar refractivity (Wildman–Crippen MR) is 79.2 cm³/mol. The highest BCUT2D eigenvalue weighted by molar-refractivity contribution is 7.10. The van der Waals surface area contributed by atoms with Crippen LogP contribution < -0.4 is 0 Å². The standard InChI is InChI=1S/C16H21NOS/c1-2-16(18)17-10-14(12-6-4-3-5-7-12)13-8-9-19-15(13)11-17/h2,8-9,12,14H,1,3-7,10-11H2/t14-/m1/s1. The van der Waals surface area contributed by atoms with Crippen LogP contribution in [0, 0.1) is 5.92 Å². The zero-order valence-corrected chi connectivity index (χ0v) is 12.1. The van der Waals surface area contributed by atoms with Crippen LogP contribution in [0.3, 0.4) is 0 Å². The molecule has 0 bridgehead atoms. The molecule has 0 radical (unpaired) electrons. The van der Waals surface area contributed by atoms with Crippen molar-refractivity contribution in [2.24, 2.45) is 5.92 Å². The molecule has 1 aromatic heterocycles. The maximum atomic E-state index is 11.9. The third kappa shape index (κ3) is 2.48. The number of fused-ring (bicyclic) bond motifs is 1. The van der Waals surface area contributed by atoms with Gasteiger partial charge in [0.05, 0.1) is 6.54 Å². The average molecular weight is 275 g/mol. The predicted octanol–water partition coefficient (Wildman–Crippen LogP) is 3.94. The summed E-state index contributed by atoms with van der Waals surface area (Å²) in [6, 6.07) is 2.29. The van der Waals surface area contributed by atoms with Gasteiger partial charge in [-0.2, -0.15) is 0 Å². The van der Waals surface area contributed by atoms with Crippen molar-refractivity contribution in [1.82, 2.24) is 4.90 Å². The number of carbonyl (C=O) groups is 1. The molecule has 1 saturated carbocycles. The smallest absolute Gasteiger partial charge is 0.246 e. The van der Waals surface area contributed by atoms with Gasteiger partial charge in [0.2, 0.25) is 5.91 Å². The first kappa shape index (κ1) is 12.9. The molecule has 1 amide bonds. The van der Waals surface area contributed by atoms with Gasteiger partial charge in [-0.3, -0.25) is 4.79 Å². The molecule has 2 heterocycles. The third-order valence-corrected chi connectivity index (χ3v) is 5.56. The Morgan fingerprint density at radius 1 is 1.37 bits per heavy atom. The van der Waals surface area contributed by atoms with Gasteiger partial charge in [-0.1, -0.05) is 25.8 Å². The Labute approximate surface area is 119 Å². The molecule has 1 atom stereocenters. The molecule has 2 aliphatic rings. The molecule has 3 rings (SSSR count). The third-order valence-electron chi connectivity index (χ3n) is 4.64. The maximum absolute atomic E-state index is 11.9. The topological polar surface area (TPSA) is 20.3 Å². The molecule has 1 aromatic rings. The fourth-order valence-electron chi connectivity index (χ4n) is 3.62. The lowest BCUT2D eigenvalue weighted by atomic mass is 9.75. The summed E-state index contributed by atoms with van der Waals surface area (Å²) in [6.45, 7) is 5.30. The van der Waals surface area contributed by atoms with Gasteiger partial charge in [-0.25, -0.2) is 0 Å². The summed E-state index contributed by atoms with van der Waals surface area (Å²) in [5.41, 5.74) is 1.52. The molecule has 0 aromatic carbocycles. The summed E-state index contributed by atoms with van der Waals surface area (Å²) >= 11 is 1.80. The summed E-state index contributed by atoms with van der Waals surface area (Å²) in [6.07, 6.45) is 8.21. The molecule has 19 heavy (non-hydrogen) atoms. The Kier molecular flexibility index (Phi) is 3.74. The monoisotopic (exact) mass is 275 g/mol. The minimum absolute atomic E-state index is 0.0832. The first-order valence-corrected chi connectivity index (χ1v) is 8.15. The highest BCUT2D eigenvalue weighted by Gasteiger charge is 2.33. The summed E-state index contributed by atoms with van der Waals surface area (Å²) < 4.78 is 0. The van der Waals surface area contributed by atoms with Gasteiger partial charge in [-0.15, -0.1) is 11.3 Å². The second-order valence-corrected chi connectivity index (χ2v) is 6.73. The number of carbonyl (C=O) groups excluding carboxylic acids is 1. The Morgan fingerprint density at radius 3 is 2.89 bits per heavy atom. The largest absolute Gasteiger partial charge is 0.333 e. The molecule has 102 valence electrons. The van der Waals surface area contributed by atoms with Crippen molar-refractivity contribution in [2.45, 2.75) is 44.6 Å². The van der Waals surface area contributed by atoms with E-state index in [1.807, 2.05) is 4.90 Å². The number of amides is 1. The lowest BCUT2D eigenvalue weighted by molar-refractivity contribution is -0.127. The van der Waals surface area contributed by atoms with E-state index in [4.69, 9.17) is 0 Å². The summed E-state index contributed by atoms with van der Waals surface area (Å²) in [5, 5.41) is 2.18. The van der Waals surface area contributed by atoms with Crippen molar-refractivity contribution in [2.75, 3.05) is 6.54 Å². The number of hydrogen-bond donors (Lipinski definition) is 0. The highest BCUT2D eigenvalue weighted by Crippen LogP contribution is 2.42. The minimum Gasteiger partial charge on any atom is -0.333 e. The molecule has 0 unspecified atom stereocenters. The number of hydrogen-bond acceptors (Lipinski definition) is 2. The summed E-state index contributed by atoms with van der Waals surface area (Å²) in [7, 11) is 0. The molecule has 2 nitrogen and oxygen atoms in total. The van der Waals surface area contributed by atoms with E-state index in [1.54, 1.807) is 11.3 Å². The van der Waals surface area contributed by atoms with Crippen molar-refractivity contribution in [1.29, 1.82) is 0 Å². The van der Waals surface area contributed by atoms with Crippen LogP contribution in [0.15, 0.2) is 24.1 Å². The Morgan fingerprint density at radius 2 is 2.16 bits per heavy atom. The second kappa shape index (κ2) is 5.49. The van der Waals surface area contributed by atoms with Crippen molar-refractivity contribution in [3.05, 3.63) is 34.5 Å². The molecular weight excluding hydrogens is 254 g/mol. The molecule has 1 fully saturated rings. The second-order valence-electron chi connectivity index (χ2n) is 5.73. The number of thiophene rings is 1. The SMILES string of the molecule is C=CC(=O)N1Cc2sccc2[C@@H](C2CCCCC2)C1. The van der Waals surface area contributed by atoms with Crippen LogP contribution in [0.2, 0.25) is 0 Å². The van der Waals surface area contributed by atoms with Crippen LogP contribution in [-0.2, 0) is 11.3 Å². The van der Waals surface area contributed by atoms with E-state index in [1.165, 1.54) is 48.6 Å². The van der Waals surface area contributed by atoms with Crippen molar-refractivity contribution >= 4 is 17.2 Å². The molecule has 0 saturated heterocycles. The van der Waals surface area contributed by atoms with Crippen LogP contribution in [0.1, 0.15) is 48.5 Å². The maximum Gasteiger partial charge on any atom is 0.246 e. The first-order valence-electron chi connectivity index (χ1n) is 7.27. The molecular formula is C16H21NOS. The quantitative estimate of drug-likeness (QED) is 0.749. The molecule has 1 aliphatic heterocycles. The van der Waals surface area contributed by atoms with Gasteiger partial charge in [0.25, 0.3) is 0 Å². The molecule has 1 aliphatic carbocycles. The van der Waals surface area contributed by atoms with Crippen LogP contribution >= 0.6 is 11.3 Å². The van der Waals surface area contributed by atoms with E-state index in [2.05, 4.69) is 18.0 Å². The van der Waals surface area contributed by atoms with E-state index in [9.17, 15) is 4.79 Å². The van der Waals surface area contributed by atoms with E-state index in [0.29, 0.717) is 5.92 Å².